The predicted octanol–water partition coefficient (Wildman–Crippen LogP) is 1.72. The van der Waals surface area contributed by atoms with Crippen molar-refractivity contribution < 1.29 is 9.53 Å². The zero-order valence-corrected chi connectivity index (χ0v) is 11.2. The van der Waals surface area contributed by atoms with Crippen LogP contribution in [0.4, 0.5) is 0 Å². The lowest BCUT2D eigenvalue weighted by Gasteiger charge is -2.10. The largest absolute Gasteiger partial charge is 0.378 e. The number of amides is 1. The lowest BCUT2D eigenvalue weighted by atomic mass is 10.1. The predicted molar refractivity (Wildman–Crippen MR) is 74.4 cm³/mol. The zero-order chi connectivity index (χ0) is 13.5. The maximum Gasteiger partial charge on any atom is 0.220 e. The number of nitrogens with two attached hydrogens (primary N) is 1. The average Bonchev–Trinajstić information content (AvgIpc) is 2.96. The first-order chi connectivity index (χ1) is 9.28. The molecule has 19 heavy (non-hydrogen) atoms. The summed E-state index contributed by atoms with van der Waals surface area (Å²) in [7, 11) is 0. The fourth-order valence-electron chi connectivity index (χ4n) is 2.32. The Morgan fingerprint density at radius 1 is 1.42 bits per heavy atom. The molecule has 1 aliphatic heterocycles. The normalized spacial score (nSPS) is 18.5. The molecule has 104 valence electrons. The molecule has 0 spiro atoms. The quantitative estimate of drug-likeness (QED) is 0.820. The average molecular weight is 262 g/mol. The topological polar surface area (TPSA) is 64.3 Å². The minimum absolute atomic E-state index is 0.0913. The highest BCUT2D eigenvalue weighted by Gasteiger charge is 2.16. The first-order valence-corrected chi connectivity index (χ1v) is 6.94. The van der Waals surface area contributed by atoms with Gasteiger partial charge in [-0.1, -0.05) is 24.3 Å². The van der Waals surface area contributed by atoms with Crippen LogP contribution >= 0.6 is 0 Å². The monoisotopic (exact) mass is 262 g/mol. The molecule has 0 aliphatic carbocycles. The number of ether oxygens (including phenoxy) is 1. The molecular weight excluding hydrogens is 240 g/mol. The summed E-state index contributed by atoms with van der Waals surface area (Å²) < 4.78 is 5.50. The second-order valence-electron chi connectivity index (χ2n) is 4.97. The molecule has 0 radical (unpaired) electrons. The number of rotatable bonds is 6. The van der Waals surface area contributed by atoms with E-state index < -0.39 is 0 Å². The molecule has 4 heteroatoms. The molecule has 1 atom stereocenters. The Bertz CT molecular complexity index is 414. The summed E-state index contributed by atoms with van der Waals surface area (Å²) in [5.74, 6) is 0.0913. The molecule has 1 aliphatic rings. The third kappa shape index (κ3) is 4.65. The molecule has 0 aromatic heterocycles. The summed E-state index contributed by atoms with van der Waals surface area (Å²) in [5.41, 5.74) is 7.77. The highest BCUT2D eigenvalue weighted by atomic mass is 16.5. The molecule has 1 fully saturated rings. The van der Waals surface area contributed by atoms with Gasteiger partial charge in [-0.25, -0.2) is 0 Å². The van der Waals surface area contributed by atoms with E-state index in [1.807, 2.05) is 24.3 Å². The summed E-state index contributed by atoms with van der Waals surface area (Å²) >= 11 is 0. The number of benzene rings is 1. The van der Waals surface area contributed by atoms with Crippen molar-refractivity contribution in [2.75, 3.05) is 6.61 Å². The van der Waals surface area contributed by atoms with Crippen molar-refractivity contribution in [1.29, 1.82) is 0 Å². The van der Waals surface area contributed by atoms with E-state index in [1.165, 1.54) is 0 Å². The van der Waals surface area contributed by atoms with Crippen molar-refractivity contribution in [2.45, 2.75) is 44.9 Å². The van der Waals surface area contributed by atoms with Crippen molar-refractivity contribution in [3.63, 3.8) is 0 Å². The van der Waals surface area contributed by atoms with Crippen LogP contribution in [0, 0.1) is 0 Å². The van der Waals surface area contributed by atoms with Gasteiger partial charge in [0.05, 0.1) is 6.10 Å². The highest BCUT2D eigenvalue weighted by molar-refractivity contribution is 5.75. The maximum atomic E-state index is 11.7. The molecule has 1 aromatic rings. The van der Waals surface area contributed by atoms with Gasteiger partial charge < -0.3 is 15.8 Å². The van der Waals surface area contributed by atoms with Crippen LogP contribution in [0.1, 0.15) is 36.8 Å². The molecular formula is C15H22N2O2. The lowest BCUT2D eigenvalue weighted by molar-refractivity contribution is -0.121. The van der Waals surface area contributed by atoms with E-state index in [-0.39, 0.29) is 12.0 Å². The Morgan fingerprint density at radius 2 is 2.26 bits per heavy atom. The number of carbonyl (C=O) groups is 1. The molecule has 1 heterocycles. The number of nitrogens with one attached hydrogen (secondary N) is 1. The minimum atomic E-state index is 0.0913. The fourth-order valence-corrected chi connectivity index (χ4v) is 2.32. The lowest BCUT2D eigenvalue weighted by Crippen LogP contribution is -2.24. The van der Waals surface area contributed by atoms with Gasteiger partial charge in [0.1, 0.15) is 0 Å². The van der Waals surface area contributed by atoms with Gasteiger partial charge in [0.15, 0.2) is 0 Å². The van der Waals surface area contributed by atoms with E-state index in [4.69, 9.17) is 10.5 Å². The van der Waals surface area contributed by atoms with Gasteiger partial charge in [-0.3, -0.25) is 4.79 Å². The van der Waals surface area contributed by atoms with Gasteiger partial charge in [0.2, 0.25) is 5.91 Å². The zero-order valence-electron chi connectivity index (χ0n) is 11.2. The Kier molecular flexibility index (Phi) is 5.36. The maximum absolute atomic E-state index is 11.7. The van der Waals surface area contributed by atoms with Crippen LogP contribution in [0.3, 0.4) is 0 Å². The number of hydrogen-bond acceptors (Lipinski definition) is 3. The van der Waals surface area contributed by atoms with Crippen molar-refractivity contribution in [3.8, 4) is 0 Å². The Morgan fingerprint density at radius 3 is 3.00 bits per heavy atom. The smallest absolute Gasteiger partial charge is 0.220 e. The number of carbonyl (C=O) groups excluding carboxylic acids is 1. The van der Waals surface area contributed by atoms with Crippen LogP contribution in [-0.4, -0.2) is 18.6 Å². The first-order valence-electron chi connectivity index (χ1n) is 6.94. The van der Waals surface area contributed by atoms with E-state index in [9.17, 15) is 4.79 Å². The van der Waals surface area contributed by atoms with E-state index in [0.717, 1.165) is 37.0 Å². The summed E-state index contributed by atoms with van der Waals surface area (Å²) in [6, 6.07) is 7.98. The fraction of sp³-hybridized carbons (Fsp3) is 0.533. The second kappa shape index (κ2) is 7.26. The Labute approximate surface area is 114 Å². The molecule has 1 saturated heterocycles. The van der Waals surface area contributed by atoms with E-state index >= 15 is 0 Å². The van der Waals surface area contributed by atoms with Crippen LogP contribution in [-0.2, 0) is 22.6 Å². The molecule has 4 nitrogen and oxygen atoms in total. The van der Waals surface area contributed by atoms with Gasteiger partial charge in [-0.2, -0.15) is 0 Å². The van der Waals surface area contributed by atoms with E-state index in [2.05, 4.69) is 5.32 Å². The molecule has 0 saturated carbocycles. The van der Waals surface area contributed by atoms with Gasteiger partial charge in [0.25, 0.3) is 0 Å². The van der Waals surface area contributed by atoms with Crippen LogP contribution in [0.2, 0.25) is 0 Å². The van der Waals surface area contributed by atoms with Crippen molar-refractivity contribution in [1.82, 2.24) is 5.32 Å². The second-order valence-corrected chi connectivity index (χ2v) is 4.97. The molecule has 1 amide bonds. The third-order valence-electron chi connectivity index (χ3n) is 3.43. The van der Waals surface area contributed by atoms with E-state index in [1.54, 1.807) is 0 Å². The molecule has 3 N–H and O–H groups in total. The van der Waals surface area contributed by atoms with Crippen LogP contribution in [0.25, 0.3) is 0 Å². The molecule has 2 rings (SSSR count). The summed E-state index contributed by atoms with van der Waals surface area (Å²) in [6.07, 6.45) is 3.87. The van der Waals surface area contributed by atoms with Crippen molar-refractivity contribution >= 4 is 5.91 Å². The summed E-state index contributed by atoms with van der Waals surface area (Å²) in [6.45, 7) is 1.94. The van der Waals surface area contributed by atoms with Crippen molar-refractivity contribution in [2.24, 2.45) is 5.73 Å². The molecule has 1 aromatic carbocycles. The molecule has 1 unspecified atom stereocenters. The SMILES string of the molecule is NCc1cccc(CNC(=O)CCC2CCCO2)c1. The van der Waals surface area contributed by atoms with Gasteiger partial charge >= 0.3 is 0 Å². The van der Waals surface area contributed by atoms with E-state index in [0.29, 0.717) is 19.5 Å². The summed E-state index contributed by atoms with van der Waals surface area (Å²) in [5, 5.41) is 2.94. The third-order valence-corrected chi connectivity index (χ3v) is 3.43. The van der Waals surface area contributed by atoms with Gasteiger partial charge in [-0.15, -0.1) is 0 Å². The number of hydrogen-bond donors (Lipinski definition) is 2. The summed E-state index contributed by atoms with van der Waals surface area (Å²) in [4.78, 5) is 11.7. The van der Waals surface area contributed by atoms with Gasteiger partial charge in [0, 0.05) is 26.1 Å². The van der Waals surface area contributed by atoms with Crippen LogP contribution < -0.4 is 11.1 Å². The van der Waals surface area contributed by atoms with Crippen LogP contribution in [0.15, 0.2) is 24.3 Å². The van der Waals surface area contributed by atoms with Crippen molar-refractivity contribution in [3.05, 3.63) is 35.4 Å². The molecule has 0 bridgehead atoms. The minimum Gasteiger partial charge on any atom is -0.378 e. The Balaban J connectivity index is 1.70. The van der Waals surface area contributed by atoms with Crippen LogP contribution in [0.5, 0.6) is 0 Å². The van der Waals surface area contributed by atoms with Gasteiger partial charge in [-0.05, 0) is 30.4 Å². The Hall–Kier alpha value is -1.39. The highest BCUT2D eigenvalue weighted by Crippen LogP contribution is 2.16. The standard InChI is InChI=1S/C15H22N2O2/c16-10-12-3-1-4-13(9-12)11-17-15(18)7-6-14-5-2-8-19-14/h1,3-4,9,14H,2,5-8,10-11,16H2,(H,17,18). The first kappa shape index (κ1) is 14.0.